The van der Waals surface area contributed by atoms with Crippen LogP contribution in [0.2, 0.25) is 0 Å². The molecule has 122 valence electrons. The van der Waals surface area contributed by atoms with Crippen LogP contribution in [0.5, 0.6) is 0 Å². The average Bonchev–Trinajstić information content (AvgIpc) is 2.96. The molecule has 2 heterocycles. The van der Waals surface area contributed by atoms with Crippen molar-refractivity contribution < 1.29 is 4.74 Å². The zero-order valence-electron chi connectivity index (χ0n) is 12.8. The van der Waals surface area contributed by atoms with Crippen molar-refractivity contribution in [1.29, 1.82) is 0 Å². The lowest BCUT2D eigenvalue weighted by molar-refractivity contribution is -0.0707. The van der Waals surface area contributed by atoms with Crippen molar-refractivity contribution >= 4 is 36.2 Å². The zero-order chi connectivity index (χ0) is 13.2. The molecule has 1 saturated heterocycles. The smallest absolute Gasteiger partial charge is 0.0959 e. The van der Waals surface area contributed by atoms with Gasteiger partial charge in [-0.3, -0.25) is 4.90 Å². The topological polar surface area (TPSA) is 25.4 Å². The summed E-state index contributed by atoms with van der Waals surface area (Å²) in [4.78, 5) is 7.35. The molecule has 1 aromatic rings. The lowest BCUT2D eigenvalue weighted by Gasteiger charge is -2.34. The van der Waals surface area contributed by atoms with Gasteiger partial charge in [-0.15, -0.1) is 36.2 Å². The quantitative estimate of drug-likeness (QED) is 0.812. The third-order valence-electron chi connectivity index (χ3n) is 4.15. The maximum Gasteiger partial charge on any atom is 0.0959 e. The van der Waals surface area contributed by atoms with Crippen molar-refractivity contribution in [2.45, 2.75) is 64.2 Å². The van der Waals surface area contributed by atoms with E-state index in [1.807, 2.05) is 11.3 Å². The number of ether oxygens (including phenoxy) is 1. The lowest BCUT2D eigenvalue weighted by atomic mass is 10.1. The standard InChI is InChI=1S/C15H24N2OS.2ClH/c1-11-7-17(8-12(2)18-11)9-14-10-19-15(16-14)13-5-3-4-6-13;;/h10-13H,3-9H2,1-2H3;2*1H. The van der Waals surface area contributed by atoms with E-state index in [9.17, 15) is 0 Å². The Labute approximate surface area is 144 Å². The molecule has 0 spiro atoms. The molecule has 1 saturated carbocycles. The van der Waals surface area contributed by atoms with Gasteiger partial charge in [0.2, 0.25) is 0 Å². The first-order valence-electron chi connectivity index (χ1n) is 7.53. The van der Waals surface area contributed by atoms with Crippen molar-refractivity contribution in [3.8, 4) is 0 Å². The van der Waals surface area contributed by atoms with Gasteiger partial charge in [-0.25, -0.2) is 4.98 Å². The molecule has 0 aromatic carbocycles. The molecule has 2 aliphatic rings. The van der Waals surface area contributed by atoms with Crippen LogP contribution in [0.4, 0.5) is 0 Å². The molecule has 1 aliphatic heterocycles. The summed E-state index contributed by atoms with van der Waals surface area (Å²) in [6.07, 6.45) is 6.15. The van der Waals surface area contributed by atoms with E-state index < -0.39 is 0 Å². The van der Waals surface area contributed by atoms with Gasteiger partial charge in [0.1, 0.15) is 0 Å². The largest absolute Gasteiger partial charge is 0.373 e. The molecule has 2 unspecified atom stereocenters. The highest BCUT2D eigenvalue weighted by atomic mass is 35.5. The van der Waals surface area contributed by atoms with Crippen LogP contribution in [-0.4, -0.2) is 35.2 Å². The van der Waals surface area contributed by atoms with Gasteiger partial charge in [-0.1, -0.05) is 12.8 Å². The van der Waals surface area contributed by atoms with Gasteiger partial charge < -0.3 is 4.74 Å². The minimum Gasteiger partial charge on any atom is -0.373 e. The predicted octanol–water partition coefficient (Wildman–Crippen LogP) is 4.25. The fraction of sp³-hybridized carbons (Fsp3) is 0.800. The fourth-order valence-electron chi connectivity index (χ4n) is 3.40. The van der Waals surface area contributed by atoms with Crippen molar-refractivity contribution in [3.05, 3.63) is 16.1 Å². The van der Waals surface area contributed by atoms with Gasteiger partial charge in [0, 0.05) is 30.9 Å². The summed E-state index contributed by atoms with van der Waals surface area (Å²) in [5.41, 5.74) is 1.26. The predicted molar refractivity (Wildman–Crippen MR) is 93.1 cm³/mol. The molecule has 0 bridgehead atoms. The number of morpholine rings is 1. The zero-order valence-corrected chi connectivity index (χ0v) is 15.2. The molecule has 2 fully saturated rings. The van der Waals surface area contributed by atoms with E-state index in [4.69, 9.17) is 9.72 Å². The molecule has 1 aliphatic carbocycles. The Bertz CT molecular complexity index is 414. The summed E-state index contributed by atoms with van der Waals surface area (Å²) in [6, 6.07) is 0. The Morgan fingerprint density at radius 3 is 2.43 bits per heavy atom. The number of nitrogens with zero attached hydrogens (tertiary/aromatic N) is 2. The summed E-state index contributed by atoms with van der Waals surface area (Å²) >= 11 is 1.87. The van der Waals surface area contributed by atoms with Gasteiger partial charge in [-0.05, 0) is 26.7 Å². The number of rotatable bonds is 3. The van der Waals surface area contributed by atoms with Crippen LogP contribution in [0, 0.1) is 0 Å². The first-order chi connectivity index (χ1) is 9.20. The minimum absolute atomic E-state index is 0. The van der Waals surface area contributed by atoms with Gasteiger partial charge in [-0.2, -0.15) is 0 Å². The number of hydrogen-bond donors (Lipinski definition) is 0. The number of hydrogen-bond acceptors (Lipinski definition) is 4. The first kappa shape index (κ1) is 19.2. The molecule has 0 radical (unpaired) electrons. The normalized spacial score (nSPS) is 27.1. The Balaban J connectivity index is 0.00000110. The monoisotopic (exact) mass is 352 g/mol. The third-order valence-corrected chi connectivity index (χ3v) is 5.21. The molecule has 3 nitrogen and oxygen atoms in total. The van der Waals surface area contributed by atoms with Gasteiger partial charge in [0.05, 0.1) is 22.9 Å². The molecule has 21 heavy (non-hydrogen) atoms. The van der Waals surface area contributed by atoms with E-state index in [-0.39, 0.29) is 24.8 Å². The Morgan fingerprint density at radius 1 is 1.19 bits per heavy atom. The number of thiazole rings is 1. The van der Waals surface area contributed by atoms with Gasteiger partial charge in [0.15, 0.2) is 0 Å². The molecule has 6 heteroatoms. The van der Waals surface area contributed by atoms with Crippen molar-refractivity contribution in [2.24, 2.45) is 0 Å². The molecular formula is C15H26Cl2N2OS. The maximum atomic E-state index is 5.78. The van der Waals surface area contributed by atoms with Gasteiger partial charge in [0.25, 0.3) is 0 Å². The van der Waals surface area contributed by atoms with E-state index in [0.29, 0.717) is 12.2 Å². The second kappa shape index (κ2) is 8.68. The van der Waals surface area contributed by atoms with Crippen LogP contribution in [0.25, 0.3) is 0 Å². The van der Waals surface area contributed by atoms with E-state index in [2.05, 4.69) is 24.1 Å². The van der Waals surface area contributed by atoms with Crippen LogP contribution >= 0.6 is 36.2 Å². The summed E-state index contributed by atoms with van der Waals surface area (Å²) in [5.74, 6) is 0.751. The van der Waals surface area contributed by atoms with Crippen LogP contribution in [-0.2, 0) is 11.3 Å². The van der Waals surface area contributed by atoms with Gasteiger partial charge >= 0.3 is 0 Å². The SMILES string of the molecule is CC1CN(Cc2csc(C3CCCC3)n2)CC(C)O1.Cl.Cl. The molecule has 3 rings (SSSR count). The van der Waals surface area contributed by atoms with Crippen LogP contribution < -0.4 is 0 Å². The molecule has 0 amide bonds. The Hall–Kier alpha value is 0.130. The van der Waals surface area contributed by atoms with Crippen molar-refractivity contribution in [3.63, 3.8) is 0 Å². The highest BCUT2D eigenvalue weighted by Crippen LogP contribution is 2.35. The molecular weight excluding hydrogens is 327 g/mol. The van der Waals surface area contributed by atoms with E-state index in [0.717, 1.165) is 25.6 Å². The Morgan fingerprint density at radius 2 is 1.81 bits per heavy atom. The van der Waals surface area contributed by atoms with Crippen LogP contribution in [0.1, 0.15) is 56.2 Å². The fourth-order valence-corrected chi connectivity index (χ4v) is 4.38. The molecule has 2 atom stereocenters. The minimum atomic E-state index is 0. The second-order valence-electron chi connectivity index (χ2n) is 6.11. The molecule has 1 aromatic heterocycles. The van der Waals surface area contributed by atoms with E-state index in [1.165, 1.54) is 36.4 Å². The van der Waals surface area contributed by atoms with E-state index in [1.54, 1.807) is 0 Å². The van der Waals surface area contributed by atoms with E-state index >= 15 is 0 Å². The second-order valence-corrected chi connectivity index (χ2v) is 7.00. The average molecular weight is 353 g/mol. The highest BCUT2D eigenvalue weighted by Gasteiger charge is 2.24. The number of halogens is 2. The first-order valence-corrected chi connectivity index (χ1v) is 8.41. The Kier molecular flexibility index (Phi) is 7.93. The lowest BCUT2D eigenvalue weighted by Crippen LogP contribution is -2.44. The summed E-state index contributed by atoms with van der Waals surface area (Å²) in [5, 5.41) is 3.64. The van der Waals surface area contributed by atoms with Crippen molar-refractivity contribution in [2.75, 3.05) is 13.1 Å². The summed E-state index contributed by atoms with van der Waals surface area (Å²) in [6.45, 7) is 7.36. The van der Waals surface area contributed by atoms with Crippen molar-refractivity contribution in [1.82, 2.24) is 9.88 Å². The highest BCUT2D eigenvalue weighted by molar-refractivity contribution is 7.09. The number of aromatic nitrogens is 1. The van der Waals surface area contributed by atoms with Crippen LogP contribution in [0.3, 0.4) is 0 Å². The summed E-state index contributed by atoms with van der Waals surface area (Å²) in [7, 11) is 0. The maximum absolute atomic E-state index is 5.78. The molecule has 0 N–H and O–H groups in total. The van der Waals surface area contributed by atoms with Crippen LogP contribution in [0.15, 0.2) is 5.38 Å². The summed E-state index contributed by atoms with van der Waals surface area (Å²) < 4.78 is 5.78. The third kappa shape index (κ3) is 5.07.